The van der Waals surface area contributed by atoms with E-state index in [0.29, 0.717) is 31.0 Å². The Kier molecular flexibility index (Phi) is 6.56. The van der Waals surface area contributed by atoms with Gasteiger partial charge in [-0.3, -0.25) is 9.59 Å². The number of hydrogen-bond donors (Lipinski definition) is 5. The Labute approximate surface area is 191 Å². The normalized spacial score (nSPS) is 36.3. The molecule has 10 nitrogen and oxygen atoms in total. The van der Waals surface area contributed by atoms with E-state index in [1.807, 2.05) is 6.92 Å². The van der Waals surface area contributed by atoms with Gasteiger partial charge in [0.25, 0.3) is 0 Å². The Morgan fingerprint density at radius 1 is 1.34 bits per heavy atom. The van der Waals surface area contributed by atoms with Crippen LogP contribution in [0.15, 0.2) is 10.6 Å². The van der Waals surface area contributed by atoms with Crippen LogP contribution in [0.5, 0.6) is 0 Å². The van der Waals surface area contributed by atoms with Gasteiger partial charge in [-0.05, 0) is 19.8 Å². The van der Waals surface area contributed by atoms with Crippen molar-refractivity contribution in [2.45, 2.75) is 68.7 Å². The molecule has 0 aromatic rings. The van der Waals surface area contributed by atoms with Gasteiger partial charge in [0.05, 0.1) is 30.6 Å². The van der Waals surface area contributed by atoms with Crippen molar-refractivity contribution in [2.75, 3.05) is 19.6 Å². The third-order valence-corrected chi connectivity index (χ3v) is 8.67. The number of carbonyl (C=O) groups is 3. The number of aliphatic hydroxyl groups excluding tert-OH is 2. The summed E-state index contributed by atoms with van der Waals surface area (Å²) in [6, 6.07) is -0.601. The Morgan fingerprint density at radius 2 is 2.06 bits per heavy atom. The van der Waals surface area contributed by atoms with Crippen LogP contribution in [0.3, 0.4) is 0 Å². The lowest BCUT2D eigenvalue weighted by Crippen LogP contribution is -2.63. The maximum Gasteiger partial charge on any atom is 0.353 e. The molecule has 0 aromatic carbocycles. The Bertz CT molecular complexity index is 835. The van der Waals surface area contributed by atoms with Crippen molar-refractivity contribution >= 4 is 29.5 Å². The largest absolute Gasteiger partial charge is 0.477 e. The van der Waals surface area contributed by atoms with Gasteiger partial charge in [0, 0.05) is 47.8 Å². The van der Waals surface area contributed by atoms with E-state index in [9.17, 15) is 29.7 Å². The van der Waals surface area contributed by atoms with Gasteiger partial charge in [-0.1, -0.05) is 6.92 Å². The number of amides is 2. The molecule has 4 rings (SSSR count). The summed E-state index contributed by atoms with van der Waals surface area (Å²) < 4.78 is 0. The number of carboxylic acids is 1. The van der Waals surface area contributed by atoms with E-state index in [-0.39, 0.29) is 53.2 Å². The molecule has 0 aliphatic carbocycles. The number of likely N-dealkylation sites (tertiary alicyclic amines) is 1. The van der Waals surface area contributed by atoms with E-state index < -0.39 is 24.1 Å². The minimum absolute atomic E-state index is 0.00193. The van der Waals surface area contributed by atoms with Gasteiger partial charge < -0.3 is 36.2 Å². The van der Waals surface area contributed by atoms with Crippen LogP contribution in [0.2, 0.25) is 0 Å². The predicted octanol–water partition coefficient (Wildman–Crippen LogP) is -1.09. The number of fused-ring (bicyclic) bond motifs is 1. The van der Waals surface area contributed by atoms with Crippen LogP contribution in [0, 0.1) is 11.8 Å². The van der Waals surface area contributed by atoms with Crippen molar-refractivity contribution in [3.8, 4) is 0 Å². The van der Waals surface area contributed by atoms with Gasteiger partial charge in [-0.25, -0.2) is 4.79 Å². The topological polar surface area (TPSA) is 156 Å². The number of carboxylic acid groups (broad SMARTS) is 1. The minimum atomic E-state index is -1.14. The van der Waals surface area contributed by atoms with E-state index >= 15 is 0 Å². The molecule has 6 N–H and O–H groups in total. The number of thioether (sulfide) groups is 1. The van der Waals surface area contributed by atoms with Gasteiger partial charge in [0.1, 0.15) is 5.70 Å². The average Bonchev–Trinajstić information content (AvgIpc) is 3.40. The van der Waals surface area contributed by atoms with Crippen LogP contribution in [0.25, 0.3) is 0 Å². The summed E-state index contributed by atoms with van der Waals surface area (Å²) in [6.45, 7) is 5.16. The number of aliphatic carboxylic acids is 1. The van der Waals surface area contributed by atoms with E-state index in [0.717, 1.165) is 6.42 Å². The Morgan fingerprint density at radius 3 is 2.66 bits per heavy atom. The molecule has 0 unspecified atom stereocenters. The fraction of sp³-hybridized carbons (Fsp3) is 0.762. The molecule has 0 saturated carbocycles. The number of nitrogens with two attached hydrogens (primary N) is 1. The van der Waals surface area contributed by atoms with Gasteiger partial charge >= 0.3 is 5.97 Å². The fourth-order valence-electron chi connectivity index (χ4n) is 5.44. The van der Waals surface area contributed by atoms with Gasteiger partial charge in [0.15, 0.2) is 0 Å². The molecule has 3 fully saturated rings. The first-order valence-electron chi connectivity index (χ1n) is 11.2. The maximum atomic E-state index is 12.5. The lowest BCUT2D eigenvalue weighted by atomic mass is 9.79. The molecule has 0 spiro atoms. The summed E-state index contributed by atoms with van der Waals surface area (Å²) in [5.74, 6) is -2.36. The van der Waals surface area contributed by atoms with Crippen LogP contribution in [-0.2, 0) is 14.4 Å². The zero-order chi connectivity index (χ0) is 23.3. The fourth-order valence-corrected chi connectivity index (χ4v) is 6.93. The number of aliphatic hydroxyl groups is 2. The van der Waals surface area contributed by atoms with Gasteiger partial charge in [-0.15, -0.1) is 11.8 Å². The second-order valence-electron chi connectivity index (χ2n) is 9.42. The summed E-state index contributed by atoms with van der Waals surface area (Å²) in [5.41, 5.74) is 5.87. The molecule has 3 saturated heterocycles. The highest BCUT2D eigenvalue weighted by Crippen LogP contribution is 2.51. The summed E-state index contributed by atoms with van der Waals surface area (Å²) in [6.07, 6.45) is -0.277. The zero-order valence-electron chi connectivity index (χ0n) is 18.3. The van der Waals surface area contributed by atoms with Crippen molar-refractivity contribution in [3.05, 3.63) is 10.6 Å². The SMILES string of the molecule is C[C@@H](O)[C@H]1C(=O)N2C(C(=O)O)=C(S[C@@H]3CN[C@H]([C@@H](O)CC(=O)N4CC[C@H](N)C4)C3)[C@H](C)[C@H]12. The summed E-state index contributed by atoms with van der Waals surface area (Å²) in [4.78, 5) is 40.5. The van der Waals surface area contributed by atoms with E-state index in [4.69, 9.17) is 5.73 Å². The van der Waals surface area contributed by atoms with Crippen molar-refractivity contribution in [1.29, 1.82) is 0 Å². The quantitative estimate of drug-likeness (QED) is 0.293. The summed E-state index contributed by atoms with van der Waals surface area (Å²) in [7, 11) is 0. The molecular formula is C21H32N4O6S. The lowest BCUT2D eigenvalue weighted by molar-refractivity contribution is -0.163. The van der Waals surface area contributed by atoms with Crippen molar-refractivity contribution in [2.24, 2.45) is 17.6 Å². The van der Waals surface area contributed by atoms with Crippen LogP contribution in [0.4, 0.5) is 0 Å². The summed E-state index contributed by atoms with van der Waals surface area (Å²) in [5, 5.41) is 33.6. The Balaban J connectivity index is 1.38. The number of β-lactam (4-membered cyclic amide) rings is 1. The molecule has 32 heavy (non-hydrogen) atoms. The second kappa shape index (κ2) is 8.94. The average molecular weight is 469 g/mol. The van der Waals surface area contributed by atoms with Crippen molar-refractivity contribution < 1.29 is 29.7 Å². The third-order valence-electron chi connectivity index (χ3n) is 7.15. The highest BCUT2D eigenvalue weighted by Gasteiger charge is 2.60. The molecular weight excluding hydrogens is 436 g/mol. The lowest BCUT2D eigenvalue weighted by Gasteiger charge is -2.46. The van der Waals surface area contributed by atoms with E-state index in [1.165, 1.54) is 16.7 Å². The zero-order valence-corrected chi connectivity index (χ0v) is 19.1. The first-order valence-corrected chi connectivity index (χ1v) is 12.1. The minimum Gasteiger partial charge on any atom is -0.477 e. The van der Waals surface area contributed by atoms with Gasteiger partial charge in [0.2, 0.25) is 11.8 Å². The first-order chi connectivity index (χ1) is 15.1. The molecule has 8 atom stereocenters. The van der Waals surface area contributed by atoms with Crippen molar-refractivity contribution in [3.63, 3.8) is 0 Å². The standard InChI is InChI=1S/C21H32N4O6S/c1-9-17-16(10(2)26)20(29)25(17)18(21(30)31)19(9)32-12-5-13(23-7-12)14(27)6-15(28)24-4-3-11(22)8-24/h9-14,16-17,23,26-27H,3-8,22H2,1-2H3,(H,30,31)/t9-,10-,11+,12+,13+,14+,16-,17-/m1/s1. The van der Waals surface area contributed by atoms with E-state index in [2.05, 4.69) is 5.32 Å². The number of nitrogens with one attached hydrogen (secondary N) is 1. The maximum absolute atomic E-state index is 12.5. The van der Waals surface area contributed by atoms with Crippen LogP contribution in [0.1, 0.15) is 33.1 Å². The van der Waals surface area contributed by atoms with Crippen LogP contribution in [-0.4, -0.2) is 98.1 Å². The number of nitrogens with zero attached hydrogens (tertiary/aromatic N) is 2. The number of rotatable bonds is 7. The predicted molar refractivity (Wildman–Crippen MR) is 117 cm³/mol. The molecule has 11 heteroatoms. The highest BCUT2D eigenvalue weighted by molar-refractivity contribution is 8.03. The van der Waals surface area contributed by atoms with E-state index in [1.54, 1.807) is 11.8 Å². The third kappa shape index (κ3) is 4.05. The monoisotopic (exact) mass is 468 g/mol. The van der Waals surface area contributed by atoms with Crippen LogP contribution >= 0.6 is 11.8 Å². The molecule has 0 bridgehead atoms. The first kappa shape index (κ1) is 23.5. The highest BCUT2D eigenvalue weighted by atomic mass is 32.2. The molecule has 4 heterocycles. The van der Waals surface area contributed by atoms with Gasteiger partial charge in [-0.2, -0.15) is 0 Å². The molecule has 2 amide bonds. The summed E-state index contributed by atoms with van der Waals surface area (Å²) >= 11 is 1.43. The second-order valence-corrected chi connectivity index (χ2v) is 10.8. The smallest absolute Gasteiger partial charge is 0.353 e. The van der Waals surface area contributed by atoms with Crippen LogP contribution < -0.4 is 11.1 Å². The molecule has 178 valence electrons. The number of carbonyl (C=O) groups excluding carboxylic acids is 2. The number of hydrogen-bond acceptors (Lipinski definition) is 8. The van der Waals surface area contributed by atoms with Crippen molar-refractivity contribution in [1.82, 2.24) is 15.1 Å². The molecule has 4 aliphatic rings. The molecule has 4 aliphatic heterocycles. The molecule has 0 radical (unpaired) electrons. The molecule has 0 aromatic heterocycles. The Hall–Kier alpha value is -1.66.